The first kappa shape index (κ1) is 14.4. The average Bonchev–Trinajstić information content (AvgIpc) is 2.28. The summed E-state index contributed by atoms with van der Waals surface area (Å²) in [4.78, 5) is 11.8. The number of carbonyl (C=O) groups is 1. The molecule has 1 aliphatic heterocycles. The van der Waals surface area contributed by atoms with Gasteiger partial charge in [0.05, 0.1) is 5.75 Å². The lowest BCUT2D eigenvalue weighted by Crippen LogP contribution is -2.43. The maximum atomic E-state index is 11.8. The van der Waals surface area contributed by atoms with Gasteiger partial charge in [-0.15, -0.1) is 0 Å². The third-order valence-corrected chi connectivity index (χ3v) is 4.34. The van der Waals surface area contributed by atoms with Crippen LogP contribution in [-0.4, -0.2) is 46.3 Å². The van der Waals surface area contributed by atoms with Crippen molar-refractivity contribution in [3.63, 3.8) is 0 Å². The van der Waals surface area contributed by atoms with Gasteiger partial charge in [-0.1, -0.05) is 0 Å². The molecule has 3 N–H and O–H groups in total. The first-order valence-electron chi connectivity index (χ1n) is 5.87. The molecule has 0 spiro atoms. The minimum absolute atomic E-state index is 0.00328. The Morgan fingerprint density at radius 1 is 1.47 bits per heavy atom. The summed E-state index contributed by atoms with van der Waals surface area (Å²) in [5.41, 5.74) is 0. The van der Waals surface area contributed by atoms with E-state index in [1.807, 2.05) is 6.92 Å². The maximum absolute atomic E-state index is 11.8. The Balaban J connectivity index is 2.30. The number of hydrogen-bond acceptors (Lipinski definition) is 4. The molecule has 1 fully saturated rings. The molecule has 1 aliphatic rings. The van der Waals surface area contributed by atoms with E-state index < -0.39 is 10.0 Å². The van der Waals surface area contributed by atoms with Crippen LogP contribution in [0.2, 0.25) is 0 Å². The zero-order chi connectivity index (χ0) is 12.9. The SMILES string of the molecule is CNS(=O)(=O)CCNC(=O)C1CCNC(C)C1. The predicted molar refractivity (Wildman–Crippen MR) is 66.0 cm³/mol. The topological polar surface area (TPSA) is 87.3 Å². The molecule has 0 saturated carbocycles. The molecule has 0 aliphatic carbocycles. The zero-order valence-corrected chi connectivity index (χ0v) is 11.1. The minimum Gasteiger partial charge on any atom is -0.355 e. The molecule has 1 rings (SSSR count). The summed E-state index contributed by atoms with van der Waals surface area (Å²) < 4.78 is 24.5. The molecule has 0 radical (unpaired) electrons. The highest BCUT2D eigenvalue weighted by Gasteiger charge is 2.24. The van der Waals surface area contributed by atoms with Gasteiger partial charge in [0, 0.05) is 18.5 Å². The fourth-order valence-corrected chi connectivity index (χ4v) is 2.50. The molecule has 7 heteroatoms. The van der Waals surface area contributed by atoms with Crippen LogP contribution < -0.4 is 15.4 Å². The Morgan fingerprint density at radius 2 is 2.18 bits per heavy atom. The second-order valence-corrected chi connectivity index (χ2v) is 6.44. The highest BCUT2D eigenvalue weighted by atomic mass is 32.2. The lowest BCUT2D eigenvalue weighted by atomic mass is 9.92. The number of hydrogen-bond donors (Lipinski definition) is 3. The number of carbonyl (C=O) groups excluding carboxylic acids is 1. The van der Waals surface area contributed by atoms with E-state index in [-0.39, 0.29) is 24.1 Å². The van der Waals surface area contributed by atoms with E-state index in [0.29, 0.717) is 6.04 Å². The Hall–Kier alpha value is -0.660. The molecule has 6 nitrogen and oxygen atoms in total. The van der Waals surface area contributed by atoms with Crippen LogP contribution in [0.1, 0.15) is 19.8 Å². The highest BCUT2D eigenvalue weighted by Crippen LogP contribution is 2.15. The molecular formula is C10H21N3O3S. The summed E-state index contributed by atoms with van der Waals surface area (Å²) in [7, 11) is -1.87. The molecule has 100 valence electrons. The molecule has 2 atom stereocenters. The second kappa shape index (κ2) is 6.32. The Bertz CT molecular complexity index is 356. The molecule has 0 aromatic carbocycles. The van der Waals surface area contributed by atoms with Gasteiger partial charge in [-0.05, 0) is 33.4 Å². The quantitative estimate of drug-likeness (QED) is 0.596. The van der Waals surface area contributed by atoms with E-state index in [1.54, 1.807) is 0 Å². The van der Waals surface area contributed by atoms with Crippen molar-refractivity contribution in [3.8, 4) is 0 Å². The van der Waals surface area contributed by atoms with Crippen molar-refractivity contribution < 1.29 is 13.2 Å². The average molecular weight is 263 g/mol. The first-order chi connectivity index (χ1) is 7.94. The lowest BCUT2D eigenvalue weighted by Gasteiger charge is -2.27. The van der Waals surface area contributed by atoms with Crippen LogP contribution in [0, 0.1) is 5.92 Å². The monoisotopic (exact) mass is 263 g/mol. The lowest BCUT2D eigenvalue weighted by molar-refractivity contribution is -0.125. The van der Waals surface area contributed by atoms with Gasteiger partial charge in [0.25, 0.3) is 0 Å². The van der Waals surface area contributed by atoms with Crippen LogP contribution in [0.25, 0.3) is 0 Å². The van der Waals surface area contributed by atoms with Gasteiger partial charge in [-0.2, -0.15) is 0 Å². The van der Waals surface area contributed by atoms with Crippen molar-refractivity contribution >= 4 is 15.9 Å². The Kier molecular flexibility index (Phi) is 5.35. The number of piperidine rings is 1. The van der Waals surface area contributed by atoms with Crippen molar-refractivity contribution in [1.29, 1.82) is 0 Å². The Morgan fingerprint density at radius 3 is 2.76 bits per heavy atom. The van der Waals surface area contributed by atoms with Gasteiger partial charge >= 0.3 is 0 Å². The number of sulfonamides is 1. The van der Waals surface area contributed by atoms with E-state index >= 15 is 0 Å². The van der Waals surface area contributed by atoms with E-state index in [4.69, 9.17) is 0 Å². The van der Waals surface area contributed by atoms with Gasteiger partial charge in [-0.25, -0.2) is 13.1 Å². The van der Waals surface area contributed by atoms with Crippen molar-refractivity contribution in [1.82, 2.24) is 15.4 Å². The minimum atomic E-state index is -3.23. The third-order valence-electron chi connectivity index (χ3n) is 2.98. The van der Waals surface area contributed by atoms with Gasteiger partial charge in [0.1, 0.15) is 0 Å². The van der Waals surface area contributed by atoms with Crippen LogP contribution in [-0.2, 0) is 14.8 Å². The standard InChI is InChI=1S/C10H21N3O3S/c1-8-7-9(3-4-12-8)10(14)13-5-6-17(15,16)11-2/h8-9,11-12H,3-7H2,1-2H3,(H,13,14). The zero-order valence-electron chi connectivity index (χ0n) is 10.3. The van der Waals surface area contributed by atoms with Crippen molar-refractivity contribution in [2.45, 2.75) is 25.8 Å². The summed E-state index contributed by atoms with van der Waals surface area (Å²) in [6.45, 7) is 3.05. The summed E-state index contributed by atoms with van der Waals surface area (Å²) in [6, 6.07) is 0.348. The van der Waals surface area contributed by atoms with Crippen LogP contribution in [0.5, 0.6) is 0 Å². The maximum Gasteiger partial charge on any atom is 0.223 e. The van der Waals surface area contributed by atoms with Crippen LogP contribution in [0.3, 0.4) is 0 Å². The fourth-order valence-electron chi connectivity index (χ4n) is 1.93. The van der Waals surface area contributed by atoms with Gasteiger partial charge in [0.2, 0.25) is 15.9 Å². The molecular weight excluding hydrogens is 242 g/mol. The molecule has 0 bridgehead atoms. The van der Waals surface area contributed by atoms with Crippen molar-refractivity contribution in [2.75, 3.05) is 25.9 Å². The summed E-state index contributed by atoms with van der Waals surface area (Å²) in [6.07, 6.45) is 1.62. The molecule has 0 aromatic heterocycles. The van der Waals surface area contributed by atoms with E-state index in [1.165, 1.54) is 7.05 Å². The predicted octanol–water partition coefficient (Wildman–Crippen LogP) is -0.960. The third kappa shape index (κ3) is 5.01. The molecule has 1 saturated heterocycles. The van der Waals surface area contributed by atoms with Gasteiger partial charge < -0.3 is 10.6 Å². The van der Waals surface area contributed by atoms with Gasteiger partial charge in [-0.3, -0.25) is 4.79 Å². The van der Waals surface area contributed by atoms with Crippen molar-refractivity contribution in [2.24, 2.45) is 5.92 Å². The van der Waals surface area contributed by atoms with Gasteiger partial charge in [0.15, 0.2) is 0 Å². The fraction of sp³-hybridized carbons (Fsp3) is 0.900. The van der Waals surface area contributed by atoms with E-state index in [9.17, 15) is 13.2 Å². The first-order valence-corrected chi connectivity index (χ1v) is 7.52. The summed E-state index contributed by atoms with van der Waals surface area (Å²) in [5, 5.41) is 5.95. The molecule has 1 amide bonds. The number of rotatable bonds is 5. The van der Waals surface area contributed by atoms with Crippen LogP contribution in [0.4, 0.5) is 0 Å². The molecule has 0 aromatic rings. The Labute approximate surface area is 103 Å². The second-order valence-electron chi connectivity index (χ2n) is 4.39. The van der Waals surface area contributed by atoms with E-state index in [0.717, 1.165) is 19.4 Å². The highest BCUT2D eigenvalue weighted by molar-refractivity contribution is 7.89. The van der Waals surface area contributed by atoms with Crippen LogP contribution >= 0.6 is 0 Å². The number of amides is 1. The number of nitrogens with one attached hydrogen (secondary N) is 3. The molecule has 1 heterocycles. The normalized spacial score (nSPS) is 25.5. The summed E-state index contributed by atoms with van der Waals surface area (Å²) >= 11 is 0. The molecule has 2 unspecified atom stereocenters. The van der Waals surface area contributed by atoms with E-state index in [2.05, 4.69) is 15.4 Å². The summed E-state index contributed by atoms with van der Waals surface area (Å²) in [5.74, 6) is -0.108. The largest absolute Gasteiger partial charge is 0.355 e. The van der Waals surface area contributed by atoms with Crippen molar-refractivity contribution in [3.05, 3.63) is 0 Å². The van der Waals surface area contributed by atoms with Crippen LogP contribution in [0.15, 0.2) is 0 Å². The smallest absolute Gasteiger partial charge is 0.223 e. The molecule has 17 heavy (non-hydrogen) atoms.